The smallest absolute Gasteiger partial charge is 0.255 e. The molecule has 0 atom stereocenters. The van der Waals surface area contributed by atoms with Crippen molar-refractivity contribution in [2.24, 2.45) is 0 Å². The van der Waals surface area contributed by atoms with Crippen LogP contribution >= 0.6 is 11.6 Å². The van der Waals surface area contributed by atoms with Gasteiger partial charge in [-0.3, -0.25) is 9.78 Å². The van der Waals surface area contributed by atoms with Gasteiger partial charge >= 0.3 is 0 Å². The van der Waals surface area contributed by atoms with E-state index in [2.05, 4.69) is 43.1 Å². The Bertz CT molecular complexity index is 610. The van der Waals surface area contributed by atoms with Crippen LogP contribution in [-0.2, 0) is 6.54 Å². The van der Waals surface area contributed by atoms with Crippen molar-refractivity contribution in [1.29, 1.82) is 0 Å². The minimum absolute atomic E-state index is 0.0511. The third-order valence-corrected chi connectivity index (χ3v) is 3.58. The molecule has 2 aromatic rings. The summed E-state index contributed by atoms with van der Waals surface area (Å²) in [4.78, 5) is 18.4. The fraction of sp³-hybridized carbons (Fsp3) is 0.294. The molecule has 21 heavy (non-hydrogen) atoms. The average molecular weight is 303 g/mol. The normalized spacial score (nSPS) is 10.4. The summed E-state index contributed by atoms with van der Waals surface area (Å²) in [5.74, 6) is -0.0511. The van der Waals surface area contributed by atoms with Crippen molar-refractivity contribution in [3.8, 4) is 0 Å². The Balaban J connectivity index is 2.20. The van der Waals surface area contributed by atoms with Crippen molar-refractivity contribution in [2.75, 3.05) is 6.54 Å². The lowest BCUT2D eigenvalue weighted by Gasteiger charge is -2.23. The zero-order chi connectivity index (χ0) is 15.2. The number of benzene rings is 1. The van der Waals surface area contributed by atoms with E-state index in [0.717, 1.165) is 12.0 Å². The number of amides is 1. The van der Waals surface area contributed by atoms with E-state index >= 15 is 0 Å². The molecule has 1 heterocycles. The number of rotatable bonds is 5. The molecule has 0 spiro atoms. The van der Waals surface area contributed by atoms with Crippen molar-refractivity contribution in [2.45, 2.75) is 26.8 Å². The first-order valence-corrected chi connectivity index (χ1v) is 7.44. The van der Waals surface area contributed by atoms with Gasteiger partial charge in [0.2, 0.25) is 0 Å². The van der Waals surface area contributed by atoms with Crippen molar-refractivity contribution < 1.29 is 4.79 Å². The summed E-state index contributed by atoms with van der Waals surface area (Å²) in [6.45, 7) is 5.40. The second-order valence-corrected chi connectivity index (χ2v) is 5.48. The summed E-state index contributed by atoms with van der Waals surface area (Å²) in [5.41, 5.74) is 2.84. The Kier molecular flexibility index (Phi) is 5.34. The Morgan fingerprint density at radius 2 is 1.95 bits per heavy atom. The standard InChI is InChI=1S/C17H19ClN2O/c1-3-10-20(12-14-6-4-13(2)5-7-14)17(21)15-8-9-19-11-16(15)18/h4-9,11H,3,10,12H2,1-2H3. The Labute approximate surface area is 130 Å². The molecule has 0 fully saturated rings. The minimum atomic E-state index is -0.0511. The van der Waals surface area contributed by atoms with Crippen LogP contribution in [0.4, 0.5) is 0 Å². The van der Waals surface area contributed by atoms with Crippen molar-refractivity contribution in [3.63, 3.8) is 0 Å². The predicted molar refractivity (Wildman–Crippen MR) is 85.5 cm³/mol. The van der Waals surface area contributed by atoms with Gasteiger partial charge in [-0.1, -0.05) is 48.4 Å². The number of pyridine rings is 1. The lowest BCUT2D eigenvalue weighted by atomic mass is 10.1. The molecule has 4 heteroatoms. The zero-order valence-corrected chi connectivity index (χ0v) is 13.1. The highest BCUT2D eigenvalue weighted by molar-refractivity contribution is 6.33. The molecular formula is C17H19ClN2O. The van der Waals surface area contributed by atoms with Gasteiger partial charge < -0.3 is 4.90 Å². The Hall–Kier alpha value is -1.87. The second-order valence-electron chi connectivity index (χ2n) is 5.07. The van der Waals surface area contributed by atoms with Gasteiger partial charge in [-0.05, 0) is 25.0 Å². The average Bonchev–Trinajstić information content (AvgIpc) is 2.49. The number of aryl methyl sites for hydroxylation is 1. The summed E-state index contributed by atoms with van der Waals surface area (Å²) in [6.07, 6.45) is 4.00. The highest BCUT2D eigenvalue weighted by Gasteiger charge is 2.18. The largest absolute Gasteiger partial charge is 0.334 e. The summed E-state index contributed by atoms with van der Waals surface area (Å²) >= 11 is 6.08. The molecule has 0 bridgehead atoms. The van der Waals surface area contributed by atoms with Gasteiger partial charge in [-0.25, -0.2) is 0 Å². The number of hydrogen-bond donors (Lipinski definition) is 0. The van der Waals surface area contributed by atoms with Crippen LogP contribution in [0, 0.1) is 6.92 Å². The van der Waals surface area contributed by atoms with Crippen molar-refractivity contribution in [1.82, 2.24) is 9.88 Å². The van der Waals surface area contributed by atoms with Crippen LogP contribution in [-0.4, -0.2) is 22.3 Å². The number of carbonyl (C=O) groups is 1. The van der Waals surface area contributed by atoms with E-state index < -0.39 is 0 Å². The third kappa shape index (κ3) is 4.05. The second kappa shape index (κ2) is 7.23. The number of halogens is 1. The summed E-state index contributed by atoms with van der Waals surface area (Å²) in [6, 6.07) is 9.90. The van der Waals surface area contributed by atoms with E-state index in [9.17, 15) is 4.79 Å². The molecular weight excluding hydrogens is 284 g/mol. The summed E-state index contributed by atoms with van der Waals surface area (Å²) in [5, 5.41) is 0.396. The van der Waals surface area contributed by atoms with Crippen molar-refractivity contribution >= 4 is 17.5 Å². The quantitative estimate of drug-likeness (QED) is 0.833. The third-order valence-electron chi connectivity index (χ3n) is 3.28. The zero-order valence-electron chi connectivity index (χ0n) is 12.3. The molecule has 0 aliphatic heterocycles. The van der Waals surface area contributed by atoms with Crippen LogP contribution in [0.3, 0.4) is 0 Å². The van der Waals surface area contributed by atoms with Crippen molar-refractivity contribution in [3.05, 3.63) is 64.4 Å². The highest BCUT2D eigenvalue weighted by atomic mass is 35.5. The van der Waals surface area contributed by atoms with Crippen LogP contribution in [0.15, 0.2) is 42.7 Å². The molecule has 0 radical (unpaired) electrons. The molecule has 3 nitrogen and oxygen atoms in total. The molecule has 1 amide bonds. The maximum absolute atomic E-state index is 12.6. The molecule has 2 rings (SSSR count). The van der Waals surface area contributed by atoms with Crippen LogP contribution < -0.4 is 0 Å². The summed E-state index contributed by atoms with van der Waals surface area (Å²) < 4.78 is 0. The van der Waals surface area contributed by atoms with Gasteiger partial charge in [-0.15, -0.1) is 0 Å². The minimum Gasteiger partial charge on any atom is -0.334 e. The molecule has 0 N–H and O–H groups in total. The molecule has 0 aliphatic rings. The Morgan fingerprint density at radius 3 is 2.57 bits per heavy atom. The molecule has 0 saturated heterocycles. The van der Waals surface area contributed by atoms with Crippen LogP contribution in [0.1, 0.15) is 34.8 Å². The topological polar surface area (TPSA) is 33.2 Å². The maximum Gasteiger partial charge on any atom is 0.255 e. The van der Waals surface area contributed by atoms with Gasteiger partial charge in [0.05, 0.1) is 10.6 Å². The van der Waals surface area contributed by atoms with Crippen LogP contribution in [0.2, 0.25) is 5.02 Å². The first-order chi connectivity index (χ1) is 10.1. The van der Waals surface area contributed by atoms with E-state index in [-0.39, 0.29) is 5.91 Å². The lowest BCUT2D eigenvalue weighted by Crippen LogP contribution is -2.31. The fourth-order valence-electron chi connectivity index (χ4n) is 2.16. The van der Waals surface area contributed by atoms with Crippen LogP contribution in [0.5, 0.6) is 0 Å². The fourth-order valence-corrected chi connectivity index (χ4v) is 2.36. The molecule has 1 aromatic heterocycles. The van der Waals surface area contributed by atoms with E-state index in [1.54, 1.807) is 12.3 Å². The molecule has 0 aliphatic carbocycles. The number of carbonyl (C=O) groups excluding carboxylic acids is 1. The molecule has 1 aromatic carbocycles. The van der Waals surface area contributed by atoms with E-state index in [4.69, 9.17) is 11.6 Å². The molecule has 110 valence electrons. The van der Waals surface area contributed by atoms with Crippen LogP contribution in [0.25, 0.3) is 0 Å². The van der Waals surface area contributed by atoms with Gasteiger partial charge in [0, 0.05) is 25.5 Å². The van der Waals surface area contributed by atoms with Gasteiger partial charge in [0.1, 0.15) is 0 Å². The predicted octanol–water partition coefficient (Wildman–Crippen LogP) is 4.10. The Morgan fingerprint density at radius 1 is 1.24 bits per heavy atom. The van der Waals surface area contributed by atoms with E-state index in [0.29, 0.717) is 23.7 Å². The van der Waals surface area contributed by atoms with E-state index in [1.807, 2.05) is 4.90 Å². The maximum atomic E-state index is 12.6. The van der Waals surface area contributed by atoms with E-state index in [1.165, 1.54) is 11.8 Å². The van der Waals surface area contributed by atoms with Gasteiger partial charge in [0.25, 0.3) is 5.91 Å². The number of nitrogens with zero attached hydrogens (tertiary/aromatic N) is 2. The van der Waals surface area contributed by atoms with Gasteiger partial charge in [-0.2, -0.15) is 0 Å². The number of hydrogen-bond acceptors (Lipinski definition) is 2. The highest BCUT2D eigenvalue weighted by Crippen LogP contribution is 2.18. The summed E-state index contributed by atoms with van der Waals surface area (Å²) in [7, 11) is 0. The molecule has 0 unspecified atom stereocenters. The monoisotopic (exact) mass is 302 g/mol. The first-order valence-electron chi connectivity index (χ1n) is 7.06. The first kappa shape index (κ1) is 15.5. The van der Waals surface area contributed by atoms with Gasteiger partial charge in [0.15, 0.2) is 0 Å². The molecule has 0 saturated carbocycles. The SMILES string of the molecule is CCCN(Cc1ccc(C)cc1)C(=O)c1ccncc1Cl. The number of aromatic nitrogens is 1. The lowest BCUT2D eigenvalue weighted by molar-refractivity contribution is 0.0743.